The summed E-state index contributed by atoms with van der Waals surface area (Å²) in [4.78, 5) is 0. The SMILES string of the molecule is CC(CC(c1ccccc1)c1cccc(Br)c1)=NO. The van der Waals surface area contributed by atoms with E-state index in [0.29, 0.717) is 6.42 Å². The monoisotopic (exact) mass is 317 g/mol. The lowest BCUT2D eigenvalue weighted by atomic mass is 9.87. The summed E-state index contributed by atoms with van der Waals surface area (Å²) in [5.74, 6) is 0.203. The molecule has 0 saturated heterocycles. The molecular formula is C16H16BrNO. The quantitative estimate of drug-likeness (QED) is 0.489. The first-order valence-corrected chi connectivity index (χ1v) is 6.98. The third-order valence-electron chi connectivity index (χ3n) is 3.12. The van der Waals surface area contributed by atoms with Gasteiger partial charge in [-0.3, -0.25) is 0 Å². The smallest absolute Gasteiger partial charge is 0.0549 e. The zero-order chi connectivity index (χ0) is 13.7. The highest BCUT2D eigenvalue weighted by molar-refractivity contribution is 9.10. The van der Waals surface area contributed by atoms with Gasteiger partial charge in [0.05, 0.1) is 5.71 Å². The van der Waals surface area contributed by atoms with Crippen molar-refractivity contribution in [1.29, 1.82) is 0 Å². The van der Waals surface area contributed by atoms with E-state index in [-0.39, 0.29) is 5.92 Å². The van der Waals surface area contributed by atoms with E-state index in [9.17, 15) is 0 Å². The van der Waals surface area contributed by atoms with Gasteiger partial charge in [-0.2, -0.15) is 0 Å². The summed E-state index contributed by atoms with van der Waals surface area (Å²) in [6.07, 6.45) is 0.705. The second kappa shape index (κ2) is 6.53. The Labute approximate surface area is 121 Å². The first kappa shape index (κ1) is 13.8. The van der Waals surface area contributed by atoms with Crippen molar-refractivity contribution in [2.75, 3.05) is 0 Å². The van der Waals surface area contributed by atoms with E-state index in [1.807, 2.05) is 37.3 Å². The summed E-state index contributed by atoms with van der Waals surface area (Å²) in [5, 5.41) is 12.2. The lowest BCUT2D eigenvalue weighted by Gasteiger charge is -2.17. The summed E-state index contributed by atoms with van der Waals surface area (Å²) in [6, 6.07) is 18.5. The van der Waals surface area contributed by atoms with Crippen LogP contribution in [-0.4, -0.2) is 10.9 Å². The molecule has 2 nitrogen and oxygen atoms in total. The molecule has 0 spiro atoms. The van der Waals surface area contributed by atoms with Crippen molar-refractivity contribution in [1.82, 2.24) is 0 Å². The summed E-state index contributed by atoms with van der Waals surface area (Å²) in [6.45, 7) is 1.84. The first-order chi connectivity index (χ1) is 9.20. The number of rotatable bonds is 4. The van der Waals surface area contributed by atoms with Gasteiger partial charge in [-0.25, -0.2) is 0 Å². The van der Waals surface area contributed by atoms with E-state index in [2.05, 4.69) is 45.4 Å². The van der Waals surface area contributed by atoms with Crippen molar-refractivity contribution in [3.63, 3.8) is 0 Å². The predicted octanol–water partition coefficient (Wildman–Crippen LogP) is 4.82. The van der Waals surface area contributed by atoms with Gasteiger partial charge in [-0.1, -0.05) is 63.6 Å². The van der Waals surface area contributed by atoms with Crippen LogP contribution in [0, 0.1) is 0 Å². The fourth-order valence-corrected chi connectivity index (χ4v) is 2.59. The van der Waals surface area contributed by atoms with E-state index in [1.165, 1.54) is 11.1 Å². The van der Waals surface area contributed by atoms with E-state index in [0.717, 1.165) is 10.2 Å². The van der Waals surface area contributed by atoms with Gasteiger partial charge in [0, 0.05) is 10.4 Å². The Morgan fingerprint density at radius 1 is 1.11 bits per heavy atom. The molecule has 2 aromatic carbocycles. The Hall–Kier alpha value is -1.61. The lowest BCUT2D eigenvalue weighted by molar-refractivity contribution is 0.317. The van der Waals surface area contributed by atoms with Crippen molar-refractivity contribution in [3.8, 4) is 0 Å². The van der Waals surface area contributed by atoms with Crippen LogP contribution >= 0.6 is 15.9 Å². The van der Waals surface area contributed by atoms with Gasteiger partial charge in [-0.05, 0) is 36.6 Å². The van der Waals surface area contributed by atoms with E-state index < -0.39 is 0 Å². The molecule has 3 heteroatoms. The van der Waals surface area contributed by atoms with Gasteiger partial charge in [-0.15, -0.1) is 0 Å². The van der Waals surface area contributed by atoms with Crippen LogP contribution in [0.3, 0.4) is 0 Å². The second-order valence-electron chi connectivity index (χ2n) is 4.56. The molecule has 0 amide bonds. The van der Waals surface area contributed by atoms with Gasteiger partial charge < -0.3 is 5.21 Å². The van der Waals surface area contributed by atoms with E-state index in [1.54, 1.807) is 0 Å². The van der Waals surface area contributed by atoms with Crippen molar-refractivity contribution in [3.05, 3.63) is 70.2 Å². The molecule has 2 aromatic rings. The normalized spacial score (nSPS) is 13.3. The number of oxime groups is 1. The number of halogens is 1. The largest absolute Gasteiger partial charge is 0.411 e. The van der Waals surface area contributed by atoms with Crippen LogP contribution < -0.4 is 0 Å². The molecule has 0 aliphatic carbocycles. The summed E-state index contributed by atoms with van der Waals surface area (Å²) in [5.41, 5.74) is 3.17. The molecule has 1 atom stereocenters. The molecular weight excluding hydrogens is 302 g/mol. The topological polar surface area (TPSA) is 32.6 Å². The Kier molecular flexibility index (Phi) is 4.74. The van der Waals surface area contributed by atoms with Crippen LogP contribution in [0.5, 0.6) is 0 Å². The Bertz CT molecular complexity index is 566. The molecule has 19 heavy (non-hydrogen) atoms. The first-order valence-electron chi connectivity index (χ1n) is 6.18. The zero-order valence-electron chi connectivity index (χ0n) is 10.8. The van der Waals surface area contributed by atoms with Crippen LogP contribution in [-0.2, 0) is 0 Å². The molecule has 0 bridgehead atoms. The van der Waals surface area contributed by atoms with Crippen LogP contribution in [0.4, 0.5) is 0 Å². The molecule has 0 saturated carbocycles. The van der Waals surface area contributed by atoms with Crippen molar-refractivity contribution < 1.29 is 5.21 Å². The summed E-state index contributed by atoms with van der Waals surface area (Å²) in [7, 11) is 0. The highest BCUT2D eigenvalue weighted by Gasteiger charge is 2.15. The third-order valence-corrected chi connectivity index (χ3v) is 3.62. The minimum absolute atomic E-state index is 0.203. The Morgan fingerprint density at radius 2 is 1.79 bits per heavy atom. The molecule has 0 heterocycles. The summed E-state index contributed by atoms with van der Waals surface area (Å²) >= 11 is 3.51. The Balaban J connectivity index is 2.40. The van der Waals surface area contributed by atoms with Crippen LogP contribution in [0.15, 0.2) is 64.2 Å². The van der Waals surface area contributed by atoms with Crippen LogP contribution in [0.25, 0.3) is 0 Å². The van der Waals surface area contributed by atoms with Gasteiger partial charge in [0.1, 0.15) is 0 Å². The fraction of sp³-hybridized carbons (Fsp3) is 0.188. The Morgan fingerprint density at radius 3 is 2.42 bits per heavy atom. The molecule has 0 radical (unpaired) electrons. The van der Waals surface area contributed by atoms with E-state index in [4.69, 9.17) is 5.21 Å². The minimum Gasteiger partial charge on any atom is -0.411 e. The molecule has 0 aromatic heterocycles. The molecule has 0 aliphatic rings. The zero-order valence-corrected chi connectivity index (χ0v) is 12.3. The van der Waals surface area contributed by atoms with Crippen molar-refractivity contribution in [2.45, 2.75) is 19.3 Å². The fourth-order valence-electron chi connectivity index (χ4n) is 2.17. The van der Waals surface area contributed by atoms with E-state index >= 15 is 0 Å². The van der Waals surface area contributed by atoms with Gasteiger partial charge in [0.15, 0.2) is 0 Å². The second-order valence-corrected chi connectivity index (χ2v) is 5.47. The lowest BCUT2D eigenvalue weighted by Crippen LogP contribution is -2.06. The molecule has 0 aliphatic heterocycles. The van der Waals surface area contributed by atoms with Crippen LogP contribution in [0.2, 0.25) is 0 Å². The minimum atomic E-state index is 0.203. The van der Waals surface area contributed by atoms with Crippen LogP contribution in [0.1, 0.15) is 30.4 Å². The van der Waals surface area contributed by atoms with Crippen molar-refractivity contribution in [2.24, 2.45) is 5.16 Å². The summed E-state index contributed by atoms with van der Waals surface area (Å²) < 4.78 is 1.06. The molecule has 98 valence electrons. The highest BCUT2D eigenvalue weighted by Crippen LogP contribution is 2.30. The molecule has 1 N–H and O–H groups in total. The predicted molar refractivity (Wildman–Crippen MR) is 81.9 cm³/mol. The third kappa shape index (κ3) is 3.67. The molecule has 2 rings (SSSR count). The molecule has 1 unspecified atom stereocenters. The van der Waals surface area contributed by atoms with Crippen molar-refractivity contribution >= 4 is 21.6 Å². The standard InChI is InChI=1S/C16H16BrNO/c1-12(18-19)10-16(13-6-3-2-4-7-13)14-8-5-9-15(17)11-14/h2-9,11,16,19H,10H2,1H3. The maximum absolute atomic E-state index is 8.91. The molecule has 0 fully saturated rings. The number of hydrogen-bond acceptors (Lipinski definition) is 2. The average molecular weight is 318 g/mol. The highest BCUT2D eigenvalue weighted by atomic mass is 79.9. The van der Waals surface area contributed by atoms with Gasteiger partial charge in [0.2, 0.25) is 0 Å². The number of hydrogen-bond donors (Lipinski definition) is 1. The maximum Gasteiger partial charge on any atom is 0.0549 e. The average Bonchev–Trinajstić information content (AvgIpc) is 2.45. The maximum atomic E-state index is 8.91. The number of benzene rings is 2. The van der Waals surface area contributed by atoms with Gasteiger partial charge in [0.25, 0.3) is 0 Å². The van der Waals surface area contributed by atoms with Gasteiger partial charge >= 0.3 is 0 Å². The number of nitrogens with zero attached hydrogens (tertiary/aromatic N) is 1.